The summed E-state index contributed by atoms with van der Waals surface area (Å²) in [4.78, 5) is 6.36. The van der Waals surface area contributed by atoms with Crippen molar-refractivity contribution in [2.45, 2.75) is 6.54 Å². The molecule has 0 aliphatic heterocycles. The molecule has 124 valence electrons. The van der Waals surface area contributed by atoms with E-state index >= 15 is 0 Å². The Hall–Kier alpha value is -2.31. The number of aromatic nitrogens is 1. The van der Waals surface area contributed by atoms with Crippen molar-refractivity contribution in [1.82, 2.24) is 9.88 Å². The summed E-state index contributed by atoms with van der Waals surface area (Å²) in [7, 11) is 5.20. The van der Waals surface area contributed by atoms with E-state index in [1.165, 1.54) is 0 Å². The van der Waals surface area contributed by atoms with Crippen molar-refractivity contribution in [3.8, 4) is 22.8 Å². The number of hydrogen-bond acceptors (Lipinski definition) is 6. The first-order chi connectivity index (χ1) is 11.1. The number of rotatable bonds is 7. The van der Waals surface area contributed by atoms with Crippen LogP contribution in [0.25, 0.3) is 11.3 Å². The van der Waals surface area contributed by atoms with Crippen molar-refractivity contribution in [3.05, 3.63) is 35.9 Å². The van der Waals surface area contributed by atoms with Gasteiger partial charge >= 0.3 is 0 Å². The van der Waals surface area contributed by atoms with E-state index in [1.807, 2.05) is 36.2 Å². The molecule has 0 spiro atoms. The summed E-state index contributed by atoms with van der Waals surface area (Å²) in [6, 6.07) is 9.32. The highest BCUT2D eigenvalue weighted by molar-refractivity contribution is 5.71. The van der Waals surface area contributed by atoms with Gasteiger partial charge in [-0.05, 0) is 31.3 Å². The average Bonchev–Trinajstić information content (AvgIpc) is 2.54. The molecule has 0 aliphatic carbocycles. The van der Waals surface area contributed by atoms with Crippen molar-refractivity contribution in [1.29, 1.82) is 0 Å². The van der Waals surface area contributed by atoms with E-state index in [0.29, 0.717) is 24.7 Å². The molecule has 0 bridgehead atoms. The Bertz CT molecular complexity index is 662. The van der Waals surface area contributed by atoms with Crippen LogP contribution in [-0.2, 0) is 6.54 Å². The molecule has 6 heteroatoms. The number of nitrogen functional groups attached to an aromatic ring is 1. The van der Waals surface area contributed by atoms with Crippen LogP contribution in [-0.4, -0.2) is 49.4 Å². The van der Waals surface area contributed by atoms with E-state index in [1.54, 1.807) is 20.3 Å². The normalized spacial score (nSPS) is 10.8. The molecule has 0 saturated carbocycles. The zero-order valence-corrected chi connectivity index (χ0v) is 13.7. The average molecular weight is 317 g/mol. The number of likely N-dealkylation sites (N-methyl/N-ethyl adjacent to an activating group) is 1. The number of nitrogens with two attached hydrogens (primary N) is 1. The molecular formula is C17H23N3O3. The van der Waals surface area contributed by atoms with Gasteiger partial charge < -0.3 is 20.3 Å². The number of aliphatic hydroxyl groups is 1. The third kappa shape index (κ3) is 4.12. The van der Waals surface area contributed by atoms with Gasteiger partial charge in [0.15, 0.2) is 0 Å². The number of anilines is 1. The van der Waals surface area contributed by atoms with Crippen molar-refractivity contribution in [3.63, 3.8) is 0 Å². The number of methoxy groups -OCH3 is 2. The molecule has 23 heavy (non-hydrogen) atoms. The zero-order chi connectivity index (χ0) is 16.8. The Morgan fingerprint density at radius 3 is 2.52 bits per heavy atom. The lowest BCUT2D eigenvalue weighted by molar-refractivity contribution is 0.215. The number of nitrogens with zero attached hydrogens (tertiary/aromatic N) is 2. The minimum absolute atomic E-state index is 0.112. The van der Waals surface area contributed by atoms with E-state index < -0.39 is 0 Å². The van der Waals surface area contributed by atoms with Crippen molar-refractivity contribution < 1.29 is 14.6 Å². The number of hydrogen-bond donors (Lipinski definition) is 2. The molecule has 0 fully saturated rings. The molecule has 1 aromatic heterocycles. The summed E-state index contributed by atoms with van der Waals surface area (Å²) in [6.07, 6.45) is 0. The minimum atomic E-state index is 0.112. The summed E-state index contributed by atoms with van der Waals surface area (Å²) in [5.74, 6) is 1.90. The van der Waals surface area contributed by atoms with Crippen LogP contribution in [0.2, 0.25) is 0 Å². The van der Waals surface area contributed by atoms with Gasteiger partial charge in [-0.2, -0.15) is 0 Å². The largest absolute Gasteiger partial charge is 0.496 e. The molecule has 3 N–H and O–H groups in total. The van der Waals surface area contributed by atoms with Gasteiger partial charge in [-0.25, -0.2) is 4.98 Å². The third-order valence-corrected chi connectivity index (χ3v) is 3.57. The fourth-order valence-electron chi connectivity index (χ4n) is 2.43. The zero-order valence-electron chi connectivity index (χ0n) is 13.7. The van der Waals surface area contributed by atoms with Crippen LogP contribution >= 0.6 is 0 Å². The Balaban J connectivity index is 2.45. The van der Waals surface area contributed by atoms with Gasteiger partial charge in [0, 0.05) is 24.2 Å². The highest BCUT2D eigenvalue weighted by Crippen LogP contribution is 2.36. The monoisotopic (exact) mass is 317 g/mol. The van der Waals surface area contributed by atoms with Crippen LogP contribution in [0.5, 0.6) is 11.5 Å². The second-order valence-electron chi connectivity index (χ2n) is 5.27. The van der Waals surface area contributed by atoms with Crippen LogP contribution in [0.3, 0.4) is 0 Å². The molecule has 1 heterocycles. The van der Waals surface area contributed by atoms with Crippen molar-refractivity contribution in [2.24, 2.45) is 0 Å². The fourth-order valence-corrected chi connectivity index (χ4v) is 2.43. The molecule has 1 aromatic carbocycles. The van der Waals surface area contributed by atoms with E-state index in [9.17, 15) is 0 Å². The third-order valence-electron chi connectivity index (χ3n) is 3.57. The predicted octanol–water partition coefficient (Wildman–Crippen LogP) is 1.77. The summed E-state index contributed by atoms with van der Waals surface area (Å²) in [5.41, 5.74) is 8.31. The Kier molecular flexibility index (Phi) is 5.78. The standard InChI is InChI=1S/C17H23N3O3/c1-20(7-8-21)11-12-9-16(23-3)13(10-15(12)22-2)14-5-4-6-17(18)19-14/h4-6,9-10,21H,7-8,11H2,1-3H3,(H2,18,19). The van der Waals surface area contributed by atoms with Crippen LogP contribution in [0, 0.1) is 0 Å². The number of aliphatic hydroxyl groups excluding tert-OH is 1. The highest BCUT2D eigenvalue weighted by Gasteiger charge is 2.15. The van der Waals surface area contributed by atoms with Gasteiger partial charge in [0.25, 0.3) is 0 Å². The molecule has 0 radical (unpaired) electrons. The predicted molar refractivity (Wildman–Crippen MR) is 90.6 cm³/mol. The molecule has 6 nitrogen and oxygen atoms in total. The molecule has 0 aliphatic rings. The summed E-state index contributed by atoms with van der Waals surface area (Å²) in [5, 5.41) is 9.04. The van der Waals surface area contributed by atoms with Crippen LogP contribution in [0.1, 0.15) is 5.56 Å². The SMILES string of the molecule is COc1cc(-c2cccc(N)n2)c(OC)cc1CN(C)CCO. The lowest BCUT2D eigenvalue weighted by Gasteiger charge is -2.19. The van der Waals surface area contributed by atoms with Crippen LogP contribution in [0.4, 0.5) is 5.82 Å². The maximum atomic E-state index is 9.04. The first-order valence-corrected chi connectivity index (χ1v) is 7.36. The number of benzene rings is 1. The Morgan fingerprint density at radius 2 is 1.91 bits per heavy atom. The highest BCUT2D eigenvalue weighted by atomic mass is 16.5. The molecule has 0 atom stereocenters. The van der Waals surface area contributed by atoms with Gasteiger partial charge in [0.05, 0.1) is 26.5 Å². The quantitative estimate of drug-likeness (QED) is 0.810. The van der Waals surface area contributed by atoms with Gasteiger partial charge in [-0.1, -0.05) is 6.07 Å². The smallest absolute Gasteiger partial charge is 0.128 e. The minimum Gasteiger partial charge on any atom is -0.496 e. The molecule has 2 aromatic rings. The Labute approximate surface area is 136 Å². The summed E-state index contributed by atoms with van der Waals surface area (Å²) < 4.78 is 11.0. The van der Waals surface area contributed by atoms with E-state index in [-0.39, 0.29) is 6.61 Å². The van der Waals surface area contributed by atoms with Gasteiger partial charge in [-0.3, -0.25) is 4.90 Å². The first kappa shape index (κ1) is 17.1. The van der Waals surface area contributed by atoms with Gasteiger partial charge in [0.2, 0.25) is 0 Å². The lowest BCUT2D eigenvalue weighted by atomic mass is 10.0. The van der Waals surface area contributed by atoms with Gasteiger partial charge in [-0.15, -0.1) is 0 Å². The Morgan fingerprint density at radius 1 is 1.17 bits per heavy atom. The molecule has 2 rings (SSSR count). The van der Waals surface area contributed by atoms with Crippen molar-refractivity contribution >= 4 is 5.82 Å². The van der Waals surface area contributed by atoms with E-state index in [2.05, 4.69) is 4.98 Å². The maximum Gasteiger partial charge on any atom is 0.128 e. The molecule has 0 amide bonds. The van der Waals surface area contributed by atoms with Crippen LogP contribution in [0.15, 0.2) is 30.3 Å². The second kappa shape index (κ2) is 7.80. The summed E-state index contributed by atoms with van der Waals surface area (Å²) >= 11 is 0. The molecule has 0 saturated heterocycles. The first-order valence-electron chi connectivity index (χ1n) is 7.36. The summed E-state index contributed by atoms with van der Waals surface area (Å²) in [6.45, 7) is 1.34. The number of pyridine rings is 1. The lowest BCUT2D eigenvalue weighted by Crippen LogP contribution is -2.21. The van der Waals surface area contributed by atoms with E-state index in [0.717, 1.165) is 22.6 Å². The second-order valence-corrected chi connectivity index (χ2v) is 5.27. The molecule has 0 unspecified atom stereocenters. The van der Waals surface area contributed by atoms with Gasteiger partial charge in [0.1, 0.15) is 17.3 Å². The maximum absolute atomic E-state index is 9.04. The van der Waals surface area contributed by atoms with Crippen molar-refractivity contribution in [2.75, 3.05) is 40.2 Å². The number of ether oxygens (including phenoxy) is 2. The molecular weight excluding hydrogens is 294 g/mol. The fraction of sp³-hybridized carbons (Fsp3) is 0.353. The van der Waals surface area contributed by atoms with Crippen LogP contribution < -0.4 is 15.2 Å². The van der Waals surface area contributed by atoms with E-state index in [4.69, 9.17) is 20.3 Å². The topological polar surface area (TPSA) is 80.8 Å².